The van der Waals surface area contributed by atoms with Crippen molar-refractivity contribution in [2.45, 2.75) is 25.6 Å². The number of carbonyl (C=O) groups excluding carboxylic acids is 1. The minimum Gasteiger partial charge on any atom is -0.383 e. The van der Waals surface area contributed by atoms with Gasteiger partial charge in [-0.3, -0.25) is 4.79 Å². The van der Waals surface area contributed by atoms with E-state index in [9.17, 15) is 4.79 Å². The number of nitrogens with one attached hydrogen (secondary N) is 2. The van der Waals surface area contributed by atoms with Gasteiger partial charge >= 0.3 is 0 Å². The Bertz CT molecular complexity index is 1020. The number of benzene rings is 2. The molecule has 2 aromatic carbocycles. The number of carbonyl (C=O) groups is 1. The zero-order valence-corrected chi connectivity index (χ0v) is 20.5. The zero-order chi connectivity index (χ0) is 23.9. The van der Waals surface area contributed by atoms with Gasteiger partial charge in [-0.15, -0.1) is 0 Å². The number of hydrogen-bond acceptors (Lipinski definition) is 5. The number of methoxy groups -OCH3 is 1. The van der Waals surface area contributed by atoms with Crippen LogP contribution < -0.4 is 10.6 Å². The predicted octanol–water partition coefficient (Wildman–Crippen LogP) is 3.33. The Morgan fingerprint density at radius 2 is 1.62 bits per heavy atom. The van der Waals surface area contributed by atoms with Crippen LogP contribution in [0.25, 0.3) is 0 Å². The van der Waals surface area contributed by atoms with Gasteiger partial charge < -0.3 is 29.9 Å². The zero-order valence-electron chi connectivity index (χ0n) is 19.7. The van der Waals surface area contributed by atoms with E-state index in [2.05, 4.69) is 10.6 Å². The van der Waals surface area contributed by atoms with Crippen LogP contribution in [0.1, 0.15) is 36.7 Å². The van der Waals surface area contributed by atoms with Crippen LogP contribution in [0.15, 0.2) is 72.1 Å². The van der Waals surface area contributed by atoms with E-state index in [1.54, 1.807) is 7.11 Å². The molecule has 4 rings (SSSR count). The Kier molecular flexibility index (Phi) is 8.16. The van der Waals surface area contributed by atoms with Crippen LogP contribution in [-0.2, 0) is 14.3 Å². The lowest BCUT2D eigenvalue weighted by molar-refractivity contribution is -0.133. The summed E-state index contributed by atoms with van der Waals surface area (Å²) in [7, 11) is 1.65. The highest BCUT2D eigenvalue weighted by atomic mass is 32.1. The van der Waals surface area contributed by atoms with Crippen molar-refractivity contribution in [2.24, 2.45) is 0 Å². The molecule has 2 aromatic rings. The average molecular weight is 481 g/mol. The van der Waals surface area contributed by atoms with Crippen LogP contribution in [0.4, 0.5) is 0 Å². The molecular weight excluding hydrogens is 448 g/mol. The highest BCUT2D eigenvalue weighted by molar-refractivity contribution is 7.80. The van der Waals surface area contributed by atoms with E-state index in [0.29, 0.717) is 43.6 Å². The van der Waals surface area contributed by atoms with Crippen molar-refractivity contribution in [2.75, 3.05) is 40.0 Å². The molecule has 2 N–H and O–H groups in total. The fraction of sp³-hybridized carbons (Fsp3) is 0.385. The SMILES string of the molecule is CCOCCCN1C(=S)N[C@@H](c2ccccc2)C2=C1N[C@@H](c1ccccc1)N(CCOC)C2=O. The third-order valence-corrected chi connectivity index (χ3v) is 6.40. The maximum atomic E-state index is 14.1. The van der Waals surface area contributed by atoms with Crippen molar-refractivity contribution in [3.8, 4) is 0 Å². The summed E-state index contributed by atoms with van der Waals surface area (Å²) < 4.78 is 10.9. The number of nitrogens with zero attached hydrogens (tertiary/aromatic N) is 2. The largest absolute Gasteiger partial charge is 0.383 e. The van der Waals surface area contributed by atoms with Crippen LogP contribution in [0.5, 0.6) is 0 Å². The van der Waals surface area contributed by atoms with E-state index in [-0.39, 0.29) is 18.1 Å². The fourth-order valence-corrected chi connectivity index (χ4v) is 4.71. The summed E-state index contributed by atoms with van der Waals surface area (Å²) >= 11 is 5.80. The van der Waals surface area contributed by atoms with E-state index in [1.807, 2.05) is 77.4 Å². The maximum absolute atomic E-state index is 14.1. The van der Waals surface area contributed by atoms with Crippen molar-refractivity contribution in [1.82, 2.24) is 20.4 Å². The number of ether oxygens (including phenoxy) is 2. The summed E-state index contributed by atoms with van der Waals surface area (Å²) in [6.45, 7) is 4.85. The molecule has 2 aliphatic heterocycles. The van der Waals surface area contributed by atoms with Crippen LogP contribution in [0.3, 0.4) is 0 Å². The quantitative estimate of drug-likeness (QED) is 0.399. The Balaban J connectivity index is 1.77. The normalized spacial score (nSPS) is 20.2. The van der Waals surface area contributed by atoms with Gasteiger partial charge in [0.1, 0.15) is 12.0 Å². The van der Waals surface area contributed by atoms with Crippen LogP contribution in [-0.4, -0.2) is 60.8 Å². The van der Waals surface area contributed by atoms with E-state index in [4.69, 9.17) is 21.7 Å². The lowest BCUT2D eigenvalue weighted by Gasteiger charge is -2.47. The van der Waals surface area contributed by atoms with Gasteiger partial charge in [0.2, 0.25) is 0 Å². The molecule has 0 bridgehead atoms. The Morgan fingerprint density at radius 3 is 2.26 bits per heavy atom. The first-order valence-corrected chi connectivity index (χ1v) is 12.1. The van der Waals surface area contributed by atoms with Crippen molar-refractivity contribution in [1.29, 1.82) is 0 Å². The standard InChI is InChI=1S/C26H32N4O3S/c1-3-33-17-10-15-30-24-21(22(27-26(30)34)19-11-6-4-7-12-19)25(31)29(16-18-32-2)23(28-24)20-13-8-5-9-14-20/h4-9,11-14,22-23,28H,3,10,15-18H2,1-2H3,(H,27,34)/t22-,23+/m0/s1. The van der Waals surface area contributed by atoms with Gasteiger partial charge in [0.25, 0.3) is 5.91 Å². The minimum atomic E-state index is -0.339. The van der Waals surface area contributed by atoms with Gasteiger partial charge in [0.05, 0.1) is 18.2 Å². The van der Waals surface area contributed by atoms with E-state index in [0.717, 1.165) is 23.4 Å². The molecule has 2 aliphatic rings. The van der Waals surface area contributed by atoms with E-state index < -0.39 is 0 Å². The predicted molar refractivity (Wildman–Crippen MR) is 136 cm³/mol. The molecule has 0 saturated heterocycles. The number of amides is 1. The maximum Gasteiger partial charge on any atom is 0.257 e. The first kappa shape index (κ1) is 24.2. The summed E-state index contributed by atoms with van der Waals surface area (Å²) in [4.78, 5) is 18.0. The highest BCUT2D eigenvalue weighted by Crippen LogP contribution is 2.37. The lowest BCUT2D eigenvalue weighted by Crippen LogP contribution is -2.59. The lowest BCUT2D eigenvalue weighted by atomic mass is 9.93. The molecule has 2 atom stereocenters. The van der Waals surface area contributed by atoms with Gasteiger partial charge in [0.15, 0.2) is 5.11 Å². The molecule has 0 radical (unpaired) electrons. The molecule has 1 amide bonds. The van der Waals surface area contributed by atoms with Crippen LogP contribution >= 0.6 is 12.2 Å². The second-order valence-corrected chi connectivity index (χ2v) is 8.59. The number of thiocarbonyl (C=S) groups is 1. The monoisotopic (exact) mass is 480 g/mol. The molecule has 0 aromatic heterocycles. The Morgan fingerprint density at radius 1 is 0.941 bits per heavy atom. The fourth-order valence-electron chi connectivity index (χ4n) is 4.41. The Hall–Kier alpha value is -2.94. The first-order chi connectivity index (χ1) is 16.7. The average Bonchev–Trinajstić information content (AvgIpc) is 2.87. The summed E-state index contributed by atoms with van der Waals surface area (Å²) in [5.41, 5.74) is 2.67. The van der Waals surface area contributed by atoms with Crippen LogP contribution in [0.2, 0.25) is 0 Å². The molecule has 0 spiro atoms. The molecule has 34 heavy (non-hydrogen) atoms. The van der Waals surface area contributed by atoms with Crippen LogP contribution in [0, 0.1) is 0 Å². The molecule has 0 fully saturated rings. The van der Waals surface area contributed by atoms with E-state index >= 15 is 0 Å². The molecule has 2 heterocycles. The van der Waals surface area contributed by atoms with E-state index in [1.165, 1.54) is 0 Å². The first-order valence-electron chi connectivity index (χ1n) is 11.7. The summed E-state index contributed by atoms with van der Waals surface area (Å²) in [6, 6.07) is 19.6. The van der Waals surface area contributed by atoms with Gasteiger partial charge in [-0.05, 0) is 36.7 Å². The number of rotatable bonds is 10. The molecule has 8 heteroatoms. The summed E-state index contributed by atoms with van der Waals surface area (Å²) in [5.74, 6) is 0.736. The van der Waals surface area contributed by atoms with Gasteiger partial charge in [-0.25, -0.2) is 0 Å². The van der Waals surface area contributed by atoms with Gasteiger partial charge in [0, 0.05) is 33.4 Å². The third kappa shape index (κ3) is 5.09. The smallest absolute Gasteiger partial charge is 0.257 e. The summed E-state index contributed by atoms with van der Waals surface area (Å²) in [5, 5.41) is 7.69. The minimum absolute atomic E-state index is 0.0293. The third-order valence-electron chi connectivity index (χ3n) is 6.06. The molecule has 180 valence electrons. The molecule has 7 nitrogen and oxygen atoms in total. The van der Waals surface area contributed by atoms with Crippen molar-refractivity contribution in [3.05, 3.63) is 83.2 Å². The molecular formula is C26H32N4O3S. The molecule has 0 saturated carbocycles. The Labute approximate surface area is 206 Å². The number of hydrogen-bond donors (Lipinski definition) is 2. The van der Waals surface area contributed by atoms with Crippen molar-refractivity contribution < 1.29 is 14.3 Å². The topological polar surface area (TPSA) is 66.1 Å². The van der Waals surface area contributed by atoms with Crippen molar-refractivity contribution in [3.63, 3.8) is 0 Å². The molecule has 0 unspecified atom stereocenters. The highest BCUT2D eigenvalue weighted by Gasteiger charge is 2.43. The second-order valence-electron chi connectivity index (χ2n) is 8.21. The van der Waals surface area contributed by atoms with Gasteiger partial charge in [-0.1, -0.05) is 60.7 Å². The second kappa shape index (κ2) is 11.5. The van der Waals surface area contributed by atoms with Crippen molar-refractivity contribution >= 4 is 23.2 Å². The summed E-state index contributed by atoms with van der Waals surface area (Å²) in [6.07, 6.45) is 0.469. The van der Waals surface area contributed by atoms with Gasteiger partial charge in [-0.2, -0.15) is 0 Å². The molecule has 0 aliphatic carbocycles.